The number of thioether (sulfide) groups is 1. The zero-order valence-electron chi connectivity index (χ0n) is 11.5. The summed E-state index contributed by atoms with van der Waals surface area (Å²) in [4.78, 5) is -0.499. The van der Waals surface area contributed by atoms with E-state index in [1.807, 2.05) is 6.92 Å². The second kappa shape index (κ2) is 6.81. The molecule has 21 heavy (non-hydrogen) atoms. The van der Waals surface area contributed by atoms with E-state index in [0.29, 0.717) is 18.8 Å². The summed E-state index contributed by atoms with van der Waals surface area (Å²) in [5, 5.41) is 0.199. The van der Waals surface area contributed by atoms with Gasteiger partial charge in [-0.3, -0.25) is 0 Å². The highest BCUT2D eigenvalue weighted by Gasteiger charge is 2.33. The van der Waals surface area contributed by atoms with Gasteiger partial charge in [0.25, 0.3) is 0 Å². The van der Waals surface area contributed by atoms with Crippen molar-refractivity contribution in [3.63, 3.8) is 0 Å². The van der Waals surface area contributed by atoms with Crippen LogP contribution in [0, 0.1) is 11.6 Å². The van der Waals surface area contributed by atoms with E-state index in [4.69, 9.17) is 11.6 Å². The molecule has 1 unspecified atom stereocenters. The van der Waals surface area contributed by atoms with Gasteiger partial charge < -0.3 is 0 Å². The van der Waals surface area contributed by atoms with Crippen LogP contribution in [0.4, 0.5) is 8.78 Å². The lowest BCUT2D eigenvalue weighted by Crippen LogP contribution is -2.42. The monoisotopic (exact) mass is 355 g/mol. The highest BCUT2D eigenvalue weighted by atomic mass is 35.5. The largest absolute Gasteiger partial charge is 0.246 e. The van der Waals surface area contributed by atoms with Gasteiger partial charge >= 0.3 is 0 Å². The topological polar surface area (TPSA) is 37.4 Å². The quantitative estimate of drug-likeness (QED) is 0.778. The van der Waals surface area contributed by atoms with Crippen molar-refractivity contribution in [2.24, 2.45) is 0 Å². The van der Waals surface area contributed by atoms with Crippen LogP contribution < -0.4 is 0 Å². The Bertz CT molecular complexity index is 625. The van der Waals surface area contributed by atoms with E-state index in [1.54, 1.807) is 11.8 Å². The lowest BCUT2D eigenvalue weighted by Gasteiger charge is -2.31. The van der Waals surface area contributed by atoms with Crippen LogP contribution in [0.15, 0.2) is 17.0 Å². The summed E-state index contributed by atoms with van der Waals surface area (Å²) in [6.45, 7) is 2.66. The number of benzene rings is 1. The van der Waals surface area contributed by atoms with Crippen LogP contribution in [-0.2, 0) is 15.9 Å². The maximum atomic E-state index is 14.2. The van der Waals surface area contributed by atoms with Crippen molar-refractivity contribution >= 4 is 33.4 Å². The molecule has 1 atom stereocenters. The maximum absolute atomic E-state index is 14.2. The van der Waals surface area contributed by atoms with Crippen LogP contribution in [-0.4, -0.2) is 36.8 Å². The molecule has 1 aromatic rings. The molecule has 1 saturated heterocycles. The zero-order chi connectivity index (χ0) is 15.6. The molecule has 0 aliphatic carbocycles. The Kier molecular flexibility index (Phi) is 5.51. The molecular weight excluding hydrogens is 340 g/mol. The maximum Gasteiger partial charge on any atom is 0.246 e. The van der Waals surface area contributed by atoms with Crippen molar-refractivity contribution in [3.8, 4) is 0 Å². The Labute approximate surface area is 132 Å². The second-order valence-electron chi connectivity index (χ2n) is 4.74. The van der Waals surface area contributed by atoms with E-state index >= 15 is 0 Å². The van der Waals surface area contributed by atoms with Gasteiger partial charge in [0.2, 0.25) is 10.0 Å². The van der Waals surface area contributed by atoms with Gasteiger partial charge in [-0.25, -0.2) is 17.2 Å². The minimum absolute atomic E-state index is 0.199. The van der Waals surface area contributed by atoms with Gasteiger partial charge in [0, 0.05) is 29.7 Å². The SMILES string of the molecule is CCC1CN(S(=O)(=O)c2ccc(F)c(CCl)c2F)CCS1. The van der Waals surface area contributed by atoms with E-state index < -0.39 is 38.0 Å². The standard InChI is InChI=1S/C13H16ClF2NO2S2/c1-2-9-8-17(5-6-20-9)21(18,19)12-4-3-11(15)10(7-14)13(12)16/h3-4,9H,2,5-8H2,1H3. The molecule has 1 aromatic carbocycles. The fourth-order valence-electron chi connectivity index (χ4n) is 2.19. The molecule has 0 bridgehead atoms. The predicted octanol–water partition coefficient (Wildman–Crippen LogP) is 3.22. The Balaban J connectivity index is 2.40. The first-order valence-corrected chi connectivity index (χ1v) is 9.58. The summed E-state index contributed by atoms with van der Waals surface area (Å²) in [7, 11) is -3.97. The number of sulfonamides is 1. The van der Waals surface area contributed by atoms with E-state index in [1.165, 1.54) is 4.31 Å². The highest BCUT2D eigenvalue weighted by Crippen LogP contribution is 2.29. The summed E-state index contributed by atoms with van der Waals surface area (Å²) in [5.41, 5.74) is -0.406. The first-order chi connectivity index (χ1) is 9.91. The summed E-state index contributed by atoms with van der Waals surface area (Å²) >= 11 is 7.21. The normalized spacial score (nSPS) is 20.7. The van der Waals surface area contributed by atoms with Crippen molar-refractivity contribution in [3.05, 3.63) is 29.3 Å². The molecule has 0 aromatic heterocycles. The minimum Gasteiger partial charge on any atom is -0.207 e. The van der Waals surface area contributed by atoms with E-state index in [-0.39, 0.29) is 5.25 Å². The summed E-state index contributed by atoms with van der Waals surface area (Å²) in [6, 6.07) is 1.92. The molecule has 1 aliphatic rings. The van der Waals surface area contributed by atoms with Gasteiger partial charge in [0.1, 0.15) is 10.7 Å². The van der Waals surface area contributed by atoms with Gasteiger partial charge in [-0.15, -0.1) is 11.6 Å². The minimum atomic E-state index is -3.97. The molecule has 0 spiro atoms. The average Bonchev–Trinajstić information content (AvgIpc) is 2.47. The lowest BCUT2D eigenvalue weighted by molar-refractivity contribution is 0.411. The number of rotatable bonds is 4. The molecule has 8 heteroatoms. The zero-order valence-corrected chi connectivity index (χ0v) is 13.9. The van der Waals surface area contributed by atoms with Crippen LogP contribution in [0.25, 0.3) is 0 Å². The summed E-state index contributed by atoms with van der Waals surface area (Å²) in [6.07, 6.45) is 0.843. The molecule has 3 nitrogen and oxygen atoms in total. The van der Waals surface area contributed by atoms with Crippen molar-refractivity contribution < 1.29 is 17.2 Å². The number of alkyl halides is 1. The number of halogens is 3. The number of nitrogens with zero attached hydrogens (tertiary/aromatic N) is 1. The van der Waals surface area contributed by atoms with E-state index in [9.17, 15) is 17.2 Å². The highest BCUT2D eigenvalue weighted by molar-refractivity contribution is 8.00. The Morgan fingerprint density at radius 2 is 2.14 bits per heavy atom. The molecule has 118 valence electrons. The van der Waals surface area contributed by atoms with Gasteiger partial charge in [0.15, 0.2) is 5.82 Å². The van der Waals surface area contributed by atoms with Gasteiger partial charge in [0.05, 0.1) is 5.88 Å². The predicted molar refractivity (Wildman–Crippen MR) is 81.2 cm³/mol. The van der Waals surface area contributed by atoms with Gasteiger partial charge in [-0.2, -0.15) is 16.1 Å². The Hall–Kier alpha value is -0.370. The van der Waals surface area contributed by atoms with Crippen LogP contribution >= 0.6 is 23.4 Å². The molecule has 0 N–H and O–H groups in total. The Morgan fingerprint density at radius 3 is 2.76 bits per heavy atom. The molecule has 0 amide bonds. The van der Waals surface area contributed by atoms with Crippen LogP contribution in [0.2, 0.25) is 0 Å². The van der Waals surface area contributed by atoms with E-state index in [0.717, 1.165) is 18.6 Å². The molecular formula is C13H16ClF2NO2S2. The number of hydrogen-bond donors (Lipinski definition) is 0. The third-order valence-corrected chi connectivity index (χ3v) is 6.98. The van der Waals surface area contributed by atoms with Crippen molar-refractivity contribution in [1.82, 2.24) is 4.31 Å². The fourth-order valence-corrected chi connectivity index (χ4v) is 5.41. The van der Waals surface area contributed by atoms with Gasteiger partial charge in [-0.1, -0.05) is 6.92 Å². The molecule has 0 saturated carbocycles. The third-order valence-electron chi connectivity index (χ3n) is 3.46. The molecule has 1 aliphatic heterocycles. The van der Waals surface area contributed by atoms with Crippen molar-refractivity contribution in [2.45, 2.75) is 29.4 Å². The molecule has 1 fully saturated rings. The van der Waals surface area contributed by atoms with E-state index in [2.05, 4.69) is 0 Å². The summed E-state index contributed by atoms with van der Waals surface area (Å²) < 4.78 is 54.1. The van der Waals surface area contributed by atoms with Crippen LogP contribution in [0.5, 0.6) is 0 Å². The van der Waals surface area contributed by atoms with Crippen LogP contribution in [0.3, 0.4) is 0 Å². The average molecular weight is 356 g/mol. The van der Waals surface area contributed by atoms with Crippen LogP contribution in [0.1, 0.15) is 18.9 Å². The van der Waals surface area contributed by atoms with Crippen molar-refractivity contribution in [2.75, 3.05) is 18.8 Å². The third kappa shape index (κ3) is 3.36. The van der Waals surface area contributed by atoms with Gasteiger partial charge in [-0.05, 0) is 18.6 Å². The Morgan fingerprint density at radius 1 is 1.43 bits per heavy atom. The lowest BCUT2D eigenvalue weighted by atomic mass is 10.2. The first-order valence-electron chi connectivity index (χ1n) is 6.56. The first kappa shape index (κ1) is 17.0. The smallest absolute Gasteiger partial charge is 0.207 e. The van der Waals surface area contributed by atoms with Crippen molar-refractivity contribution in [1.29, 1.82) is 0 Å². The molecule has 1 heterocycles. The second-order valence-corrected chi connectivity index (χ2v) is 8.32. The molecule has 0 radical (unpaired) electrons. The number of hydrogen-bond acceptors (Lipinski definition) is 3. The summed E-state index contributed by atoms with van der Waals surface area (Å²) in [5.74, 6) is -1.66. The molecule has 2 rings (SSSR count). The fraction of sp³-hybridized carbons (Fsp3) is 0.538.